The molecule has 0 fully saturated rings. The fourth-order valence-electron chi connectivity index (χ4n) is 3.61. The minimum atomic E-state index is -4.58. The van der Waals surface area contributed by atoms with Crippen LogP contribution < -0.4 is 0 Å². The molecule has 3 atom stereocenters. The van der Waals surface area contributed by atoms with Gasteiger partial charge < -0.3 is 24.6 Å². The molecule has 0 saturated carbocycles. The van der Waals surface area contributed by atoms with Crippen LogP contribution in [-0.2, 0) is 32.7 Å². The van der Waals surface area contributed by atoms with Crippen molar-refractivity contribution in [3.63, 3.8) is 0 Å². The molecule has 10 nitrogen and oxygen atoms in total. The largest absolute Gasteiger partial charge is 0.472 e. The fourth-order valence-corrected chi connectivity index (χ4v) is 4.40. The van der Waals surface area contributed by atoms with Crippen molar-refractivity contribution in [3.8, 4) is 0 Å². The number of rotatable bonds is 27. The summed E-state index contributed by atoms with van der Waals surface area (Å²) in [4.78, 5) is 33.7. The van der Waals surface area contributed by atoms with Crippen LogP contribution in [-0.4, -0.2) is 65.7 Å². The van der Waals surface area contributed by atoms with Gasteiger partial charge in [0.2, 0.25) is 0 Å². The molecule has 0 radical (unpaired) electrons. The molecule has 0 rings (SSSR count). The molecule has 0 aliphatic rings. The highest BCUT2D eigenvalue weighted by Gasteiger charge is 2.27. The molecule has 0 bridgehead atoms. The number of carbonyl (C=O) groups excluding carboxylic acids is 2. The molecule has 0 aromatic carbocycles. The number of hydrogen-bond acceptors (Lipinski definition) is 9. The second kappa shape index (κ2) is 25.7. The third kappa shape index (κ3) is 25.4. The SMILES string of the molecule is CCCCCCCC/C=C/CCCCCCCC(=O)O[C@@H](COC(=O)CCC)COP(=O)(O)OC[C@H](O)CO. The average Bonchev–Trinajstić information content (AvgIpc) is 2.91. The quantitative estimate of drug-likeness (QED) is 0.0473. The zero-order chi connectivity index (χ0) is 29.2. The van der Waals surface area contributed by atoms with E-state index in [0.29, 0.717) is 12.8 Å². The van der Waals surface area contributed by atoms with Gasteiger partial charge in [-0.15, -0.1) is 0 Å². The maximum absolute atomic E-state index is 12.3. The number of allylic oxidation sites excluding steroid dienone is 2. The minimum absolute atomic E-state index is 0.174. The van der Waals surface area contributed by atoms with Gasteiger partial charge in [-0.05, 0) is 38.5 Å². The van der Waals surface area contributed by atoms with Crippen molar-refractivity contribution >= 4 is 19.8 Å². The number of phosphoric ester groups is 1. The molecular formula is C28H53O10P. The van der Waals surface area contributed by atoms with E-state index >= 15 is 0 Å². The molecule has 230 valence electrons. The van der Waals surface area contributed by atoms with Gasteiger partial charge in [-0.25, -0.2) is 4.57 Å². The van der Waals surface area contributed by atoms with Crippen LogP contribution in [0.4, 0.5) is 0 Å². The smallest absolute Gasteiger partial charge is 0.462 e. The molecule has 11 heteroatoms. The molecule has 0 aliphatic carbocycles. The summed E-state index contributed by atoms with van der Waals surface area (Å²) in [7, 11) is -4.58. The Morgan fingerprint density at radius 3 is 1.90 bits per heavy atom. The molecule has 0 amide bonds. The van der Waals surface area contributed by atoms with Crippen molar-refractivity contribution < 1.29 is 47.8 Å². The molecule has 0 aliphatic heterocycles. The van der Waals surface area contributed by atoms with E-state index in [2.05, 4.69) is 23.6 Å². The van der Waals surface area contributed by atoms with E-state index in [1.165, 1.54) is 38.5 Å². The number of hydrogen-bond donors (Lipinski definition) is 3. The standard InChI is InChI=1S/C28H53O10P/c1-3-5-6-7-8-9-10-11-12-13-14-15-16-17-18-20-28(32)38-26(23-35-27(31)19-4-2)24-37-39(33,34)36-22-25(30)21-29/h11-12,25-26,29-30H,3-10,13-24H2,1-2H3,(H,33,34)/b12-11+/t25-,26+/m1/s1. The first kappa shape index (κ1) is 37.7. The van der Waals surface area contributed by atoms with Crippen LogP contribution in [0.15, 0.2) is 12.2 Å². The number of aliphatic hydroxyl groups is 2. The minimum Gasteiger partial charge on any atom is -0.462 e. The molecule has 1 unspecified atom stereocenters. The topological polar surface area (TPSA) is 149 Å². The van der Waals surface area contributed by atoms with Crippen LogP contribution in [0.25, 0.3) is 0 Å². The first-order valence-corrected chi connectivity index (χ1v) is 16.1. The van der Waals surface area contributed by atoms with Crippen molar-refractivity contribution in [2.24, 2.45) is 0 Å². The van der Waals surface area contributed by atoms with E-state index in [0.717, 1.165) is 38.5 Å². The second-order valence-corrected chi connectivity index (χ2v) is 11.2. The monoisotopic (exact) mass is 580 g/mol. The van der Waals surface area contributed by atoms with Crippen molar-refractivity contribution in [2.45, 2.75) is 129 Å². The predicted octanol–water partition coefficient (Wildman–Crippen LogP) is 5.77. The lowest BCUT2D eigenvalue weighted by molar-refractivity contribution is -0.161. The van der Waals surface area contributed by atoms with Crippen LogP contribution in [0, 0.1) is 0 Å². The van der Waals surface area contributed by atoms with Crippen molar-refractivity contribution in [1.82, 2.24) is 0 Å². The van der Waals surface area contributed by atoms with E-state index in [1.807, 2.05) is 6.92 Å². The van der Waals surface area contributed by atoms with E-state index in [-0.39, 0.29) is 19.4 Å². The third-order valence-electron chi connectivity index (χ3n) is 5.89. The lowest BCUT2D eigenvalue weighted by Gasteiger charge is -2.20. The van der Waals surface area contributed by atoms with Gasteiger partial charge in [-0.3, -0.25) is 18.6 Å². The number of phosphoric acid groups is 1. The summed E-state index contributed by atoms with van der Waals surface area (Å²) < 4.78 is 31.8. The normalized spacial score (nSPS) is 14.7. The first-order valence-electron chi connectivity index (χ1n) is 14.6. The molecule has 39 heavy (non-hydrogen) atoms. The summed E-state index contributed by atoms with van der Waals surface area (Å²) in [5, 5.41) is 18.0. The zero-order valence-electron chi connectivity index (χ0n) is 24.1. The Hall–Kier alpha value is -1.29. The Labute approximate surface area is 235 Å². The van der Waals surface area contributed by atoms with E-state index in [9.17, 15) is 24.2 Å². The van der Waals surface area contributed by atoms with E-state index < -0.39 is 51.8 Å². The van der Waals surface area contributed by atoms with Gasteiger partial charge in [0.25, 0.3) is 0 Å². The fraction of sp³-hybridized carbons (Fsp3) is 0.857. The van der Waals surface area contributed by atoms with Crippen LogP contribution in [0.3, 0.4) is 0 Å². The lowest BCUT2D eigenvalue weighted by atomic mass is 10.1. The molecule has 0 aromatic heterocycles. The lowest BCUT2D eigenvalue weighted by Crippen LogP contribution is -2.29. The molecule has 0 heterocycles. The highest BCUT2D eigenvalue weighted by molar-refractivity contribution is 7.47. The Kier molecular flexibility index (Phi) is 24.8. The van der Waals surface area contributed by atoms with Crippen LogP contribution in [0.1, 0.15) is 117 Å². The van der Waals surface area contributed by atoms with Crippen molar-refractivity contribution in [3.05, 3.63) is 12.2 Å². The van der Waals surface area contributed by atoms with Crippen LogP contribution in [0.5, 0.6) is 0 Å². The number of aliphatic hydroxyl groups excluding tert-OH is 2. The van der Waals surface area contributed by atoms with Gasteiger partial charge in [0.05, 0.1) is 19.8 Å². The molecule has 0 spiro atoms. The summed E-state index contributed by atoms with van der Waals surface area (Å²) in [6.07, 6.45) is 18.0. The predicted molar refractivity (Wildman–Crippen MR) is 150 cm³/mol. The second-order valence-electron chi connectivity index (χ2n) is 9.78. The highest BCUT2D eigenvalue weighted by Crippen LogP contribution is 2.43. The number of unbranched alkanes of at least 4 members (excludes halogenated alkanes) is 11. The summed E-state index contributed by atoms with van der Waals surface area (Å²) in [5.74, 6) is -0.998. The van der Waals surface area contributed by atoms with E-state index in [4.69, 9.17) is 19.1 Å². The number of esters is 2. The maximum atomic E-state index is 12.3. The van der Waals surface area contributed by atoms with Gasteiger partial charge in [0.1, 0.15) is 12.7 Å². The highest BCUT2D eigenvalue weighted by atomic mass is 31.2. The first-order chi connectivity index (χ1) is 18.7. The third-order valence-corrected chi connectivity index (χ3v) is 6.84. The maximum Gasteiger partial charge on any atom is 0.472 e. The summed E-state index contributed by atoms with van der Waals surface area (Å²) >= 11 is 0. The number of carbonyl (C=O) groups is 2. The summed E-state index contributed by atoms with van der Waals surface area (Å²) in [6, 6.07) is 0. The summed E-state index contributed by atoms with van der Waals surface area (Å²) in [6.45, 7) is 1.92. The summed E-state index contributed by atoms with van der Waals surface area (Å²) in [5.41, 5.74) is 0. The Balaban J connectivity index is 4.18. The zero-order valence-corrected chi connectivity index (χ0v) is 25.0. The van der Waals surface area contributed by atoms with Crippen molar-refractivity contribution in [1.29, 1.82) is 0 Å². The van der Waals surface area contributed by atoms with E-state index in [1.54, 1.807) is 0 Å². The molecule has 0 saturated heterocycles. The van der Waals surface area contributed by atoms with Gasteiger partial charge in [0, 0.05) is 12.8 Å². The Morgan fingerprint density at radius 1 is 0.744 bits per heavy atom. The average molecular weight is 581 g/mol. The molecular weight excluding hydrogens is 527 g/mol. The van der Waals surface area contributed by atoms with Crippen LogP contribution >= 0.6 is 7.82 Å². The van der Waals surface area contributed by atoms with Gasteiger partial charge in [-0.2, -0.15) is 0 Å². The van der Waals surface area contributed by atoms with Gasteiger partial charge >= 0.3 is 19.8 Å². The molecule has 0 aromatic rings. The van der Waals surface area contributed by atoms with Crippen molar-refractivity contribution in [2.75, 3.05) is 26.4 Å². The van der Waals surface area contributed by atoms with Crippen LogP contribution in [0.2, 0.25) is 0 Å². The van der Waals surface area contributed by atoms with Gasteiger partial charge in [0.15, 0.2) is 6.10 Å². The number of ether oxygens (including phenoxy) is 2. The Bertz CT molecular complexity index is 685. The molecule has 3 N–H and O–H groups in total. The van der Waals surface area contributed by atoms with Gasteiger partial charge in [-0.1, -0.05) is 77.4 Å². The Morgan fingerprint density at radius 2 is 1.31 bits per heavy atom.